The lowest BCUT2D eigenvalue weighted by molar-refractivity contribution is -0.143. The summed E-state index contributed by atoms with van der Waals surface area (Å²) in [6.45, 7) is -0.819. The Morgan fingerprint density at radius 3 is 1.82 bits per heavy atom. The summed E-state index contributed by atoms with van der Waals surface area (Å²) in [5.41, 5.74) is 34.3. The van der Waals surface area contributed by atoms with Gasteiger partial charge in [0.05, 0.1) is 25.5 Å². The largest absolute Gasteiger partial charge is 0.480 e. The molecule has 420 valence electrons. The van der Waals surface area contributed by atoms with Gasteiger partial charge in [-0.15, -0.1) is 0 Å². The van der Waals surface area contributed by atoms with Crippen LogP contribution in [0.4, 0.5) is 0 Å². The molecule has 10 amide bonds. The van der Waals surface area contributed by atoms with Gasteiger partial charge in [0.2, 0.25) is 59.1 Å². The van der Waals surface area contributed by atoms with Crippen LogP contribution >= 0.6 is 25.3 Å². The van der Waals surface area contributed by atoms with Gasteiger partial charge in [0.25, 0.3) is 0 Å². The molecule has 1 aromatic carbocycles. The van der Waals surface area contributed by atoms with E-state index in [-0.39, 0.29) is 69.2 Å². The Bertz CT molecular complexity index is 2420. The molecule has 1 fully saturated rings. The van der Waals surface area contributed by atoms with Crippen molar-refractivity contribution in [2.45, 2.75) is 119 Å². The Kier molecular flexibility index (Phi) is 26.2. The minimum absolute atomic E-state index is 0.0110. The summed E-state index contributed by atoms with van der Waals surface area (Å²) < 4.78 is 0. The van der Waals surface area contributed by atoms with E-state index in [0.717, 1.165) is 0 Å². The maximum Gasteiger partial charge on any atom is 0.327 e. The summed E-state index contributed by atoms with van der Waals surface area (Å²) in [6.07, 6.45) is 0.939. The number of nitrogens with two attached hydrogens (primary N) is 6. The number of para-hydroxylation sites is 1. The first-order chi connectivity index (χ1) is 36.0. The highest BCUT2D eigenvalue weighted by Gasteiger charge is 2.41. The van der Waals surface area contributed by atoms with Gasteiger partial charge < -0.3 is 91.7 Å². The molecule has 9 atom stereocenters. The zero-order valence-corrected chi connectivity index (χ0v) is 43.3. The number of unbranched alkanes of at least 4 members (excludes halogenated alkanes) is 1. The second-order valence-corrected chi connectivity index (χ2v) is 18.5. The van der Waals surface area contributed by atoms with Gasteiger partial charge in [0.15, 0.2) is 5.96 Å². The maximum absolute atomic E-state index is 14.6. The van der Waals surface area contributed by atoms with E-state index in [1.807, 2.05) is 0 Å². The van der Waals surface area contributed by atoms with Crippen molar-refractivity contribution >= 4 is 107 Å². The lowest BCUT2D eigenvalue weighted by Gasteiger charge is -2.31. The van der Waals surface area contributed by atoms with Gasteiger partial charge >= 0.3 is 5.97 Å². The minimum Gasteiger partial charge on any atom is -0.480 e. The predicted octanol–water partition coefficient (Wildman–Crippen LogP) is -6.71. The van der Waals surface area contributed by atoms with Crippen molar-refractivity contribution in [2.24, 2.45) is 39.4 Å². The second kappa shape index (κ2) is 31.6. The number of carbonyl (C=O) groups excluding carboxylic acids is 10. The van der Waals surface area contributed by atoms with Crippen LogP contribution in [0.15, 0.2) is 35.5 Å². The Morgan fingerprint density at radius 2 is 1.22 bits per heavy atom. The molecule has 0 saturated carbocycles. The number of rotatable bonds is 33. The fourth-order valence-corrected chi connectivity index (χ4v) is 8.36. The SMILES string of the molecule is NCCCC[C@H](NC(=O)[C@H](Cc1c[nH]c2ccccc12)NC(=O)[C@H](CO)NC(=O)[C@H](CC(N)=O)NC(=O)[C@H](CCCN=C(N)N)NC(=O)[C@@H](N)CS)C(=O)N1CCC[C@H]1C(=O)N[C@@H](CC(N)=O)C(=O)N[C@@H](CS)C(=O)O. The number of amides is 10. The van der Waals surface area contributed by atoms with E-state index in [1.54, 1.807) is 30.5 Å². The van der Waals surface area contributed by atoms with Gasteiger partial charge in [-0.05, 0) is 63.1 Å². The van der Waals surface area contributed by atoms with E-state index >= 15 is 0 Å². The number of carboxylic acids is 1. The Labute approximate surface area is 447 Å². The Balaban J connectivity index is 1.93. The molecule has 2 aromatic rings. The molecule has 1 aromatic heterocycles. The third-order valence-corrected chi connectivity index (χ3v) is 12.7. The molecule has 0 spiro atoms. The fraction of sp³-hybridized carbons (Fsp3) is 0.556. The molecule has 1 saturated heterocycles. The van der Waals surface area contributed by atoms with Crippen molar-refractivity contribution in [3.63, 3.8) is 0 Å². The molecule has 22 N–H and O–H groups in total. The first-order valence-electron chi connectivity index (χ1n) is 24.2. The van der Waals surface area contributed by atoms with E-state index in [4.69, 9.17) is 34.4 Å². The molecular weight excluding hydrogens is 1040 g/mol. The zero-order valence-electron chi connectivity index (χ0n) is 41.5. The molecule has 3 rings (SSSR count). The second-order valence-electron chi connectivity index (χ2n) is 17.7. The number of H-pyrrole nitrogens is 1. The predicted molar refractivity (Wildman–Crippen MR) is 281 cm³/mol. The number of guanidine groups is 1. The molecule has 1 aliphatic heterocycles. The van der Waals surface area contributed by atoms with Crippen LogP contribution in [0.2, 0.25) is 0 Å². The lowest BCUT2D eigenvalue weighted by Crippen LogP contribution is -2.61. The number of nitrogens with one attached hydrogen (secondary N) is 8. The number of primary amides is 2. The number of thiol groups is 2. The van der Waals surface area contributed by atoms with Crippen molar-refractivity contribution in [3.8, 4) is 0 Å². The van der Waals surface area contributed by atoms with Crippen molar-refractivity contribution in [1.29, 1.82) is 0 Å². The number of hydrogen-bond acceptors (Lipinski definition) is 17. The number of hydrogen-bond donors (Lipinski definition) is 18. The summed E-state index contributed by atoms with van der Waals surface area (Å²) in [4.78, 5) is 154. The summed E-state index contributed by atoms with van der Waals surface area (Å²) in [7, 11) is 0. The number of nitrogens with zero attached hydrogens (tertiary/aromatic N) is 2. The lowest BCUT2D eigenvalue weighted by atomic mass is 10.0. The van der Waals surface area contributed by atoms with Gasteiger partial charge in [-0.25, -0.2) is 4.79 Å². The average molecular weight is 1110 g/mol. The van der Waals surface area contributed by atoms with Crippen molar-refractivity contribution in [2.75, 3.05) is 37.7 Å². The maximum atomic E-state index is 14.6. The van der Waals surface area contributed by atoms with Gasteiger partial charge in [-0.2, -0.15) is 25.3 Å². The van der Waals surface area contributed by atoms with E-state index in [0.29, 0.717) is 35.7 Å². The number of fused-ring (bicyclic) bond motifs is 1. The quantitative estimate of drug-likeness (QED) is 0.0137. The summed E-state index contributed by atoms with van der Waals surface area (Å²) in [6, 6.07) is -6.36. The average Bonchev–Trinajstić information content (AvgIpc) is 4.04. The van der Waals surface area contributed by atoms with Crippen molar-refractivity contribution in [3.05, 3.63) is 36.0 Å². The molecule has 0 radical (unpaired) electrons. The number of aliphatic imine (C=N–C) groups is 1. The van der Waals surface area contributed by atoms with Crippen molar-refractivity contribution < 1.29 is 63.0 Å². The number of aliphatic carboxylic acids is 1. The molecule has 1 aliphatic rings. The molecule has 0 unspecified atom stereocenters. The van der Waals surface area contributed by atoms with Crippen LogP contribution in [0.5, 0.6) is 0 Å². The van der Waals surface area contributed by atoms with Crippen LogP contribution in [-0.2, 0) is 59.2 Å². The summed E-state index contributed by atoms with van der Waals surface area (Å²) in [5, 5.41) is 37.4. The van der Waals surface area contributed by atoms with E-state index < -0.39 is 139 Å². The normalized spacial score (nSPS) is 16.2. The standard InChI is InChI=1S/C45H70N16O13S2/c46-12-4-3-9-27(43(72)61-14-6-11-33(61)42(71)58-30(17-35(49)64)40(69)60-32(21-76)44(73)74)55-38(67)28(15-22-18-53-25-8-2-1-7-23(22)25)56-41(70)31(19-62)59-39(68)29(16-34(48)63)57-37(66)26(10-5-13-52-45(50)51)54-36(65)24(47)20-75/h1-2,7-8,18,24,26-33,53,62,75-76H,3-6,9-17,19-21,46-47H2,(H2,48,63)(H2,49,64)(H,54,65)(H,55,67)(H,56,70)(H,57,66)(H,58,71)(H,59,68)(H,60,69)(H,73,74)(H4,50,51,52)/t24-,26-,27-,28-,29-,30-,31-,32-,33-/m0/s1. The highest BCUT2D eigenvalue weighted by molar-refractivity contribution is 7.80. The molecule has 76 heavy (non-hydrogen) atoms. The molecular formula is C45H70N16O13S2. The summed E-state index contributed by atoms with van der Waals surface area (Å²) in [5.74, 6) is -11.8. The number of carboxylic acid groups (broad SMARTS) is 1. The smallest absolute Gasteiger partial charge is 0.327 e. The van der Waals surface area contributed by atoms with Crippen LogP contribution in [0, 0.1) is 0 Å². The molecule has 31 heteroatoms. The highest BCUT2D eigenvalue weighted by Crippen LogP contribution is 2.22. The Morgan fingerprint density at radius 1 is 0.684 bits per heavy atom. The van der Waals surface area contributed by atoms with E-state index in [2.05, 4.69) is 72.5 Å². The van der Waals surface area contributed by atoms with Crippen LogP contribution in [0.1, 0.15) is 63.4 Å². The number of aliphatic hydroxyl groups excluding tert-OH is 1. The van der Waals surface area contributed by atoms with E-state index in [9.17, 15) is 63.0 Å². The van der Waals surface area contributed by atoms with Crippen LogP contribution in [0.3, 0.4) is 0 Å². The van der Waals surface area contributed by atoms with Gasteiger partial charge in [-0.1, -0.05) is 18.2 Å². The van der Waals surface area contributed by atoms with E-state index in [1.165, 1.54) is 4.90 Å². The molecule has 0 bridgehead atoms. The number of likely N-dealkylation sites (tertiary alicyclic amines) is 1. The number of benzene rings is 1. The molecule has 29 nitrogen and oxygen atoms in total. The Hall–Kier alpha value is -7.22. The third-order valence-electron chi connectivity index (χ3n) is 11.9. The fourth-order valence-electron chi connectivity index (χ4n) is 7.95. The van der Waals surface area contributed by atoms with Gasteiger partial charge in [0.1, 0.15) is 48.3 Å². The van der Waals surface area contributed by atoms with Crippen LogP contribution < -0.4 is 71.6 Å². The van der Waals surface area contributed by atoms with Gasteiger partial charge in [-0.3, -0.25) is 52.9 Å². The third kappa shape index (κ3) is 19.8. The van der Waals surface area contributed by atoms with Gasteiger partial charge in [0, 0.05) is 48.1 Å². The van der Waals surface area contributed by atoms with Crippen molar-refractivity contribution in [1.82, 2.24) is 47.1 Å². The van der Waals surface area contributed by atoms with Crippen LogP contribution in [0.25, 0.3) is 10.9 Å². The number of carbonyl (C=O) groups is 11. The first-order valence-corrected chi connectivity index (χ1v) is 25.4. The minimum atomic E-state index is -1.85. The number of aromatic nitrogens is 1. The monoisotopic (exact) mass is 1110 g/mol. The zero-order chi connectivity index (χ0) is 56.6. The molecule has 0 aliphatic carbocycles. The summed E-state index contributed by atoms with van der Waals surface area (Å²) >= 11 is 7.92. The number of aliphatic hydroxyl groups is 1. The highest BCUT2D eigenvalue weighted by atomic mass is 32.1. The van der Waals surface area contributed by atoms with Crippen LogP contribution in [-0.4, -0.2) is 183 Å². The molecule has 2 heterocycles. The first kappa shape index (κ1) is 63.1. The number of aromatic amines is 1. The topological polar surface area (TPSA) is 500 Å².